The lowest BCUT2D eigenvalue weighted by Gasteiger charge is -2.18. The Morgan fingerprint density at radius 1 is 0.273 bits per heavy atom. The molecule has 0 aromatic heterocycles. The zero-order valence-electron chi connectivity index (χ0n) is 50.4. The molecule has 0 aliphatic heterocycles. The second-order valence-electron chi connectivity index (χ2n) is 21.3. The van der Waals surface area contributed by atoms with Crippen LogP contribution in [0.25, 0.3) is 0 Å². The molecule has 0 spiro atoms. The number of hydrogen-bond donors (Lipinski definition) is 0. The lowest BCUT2D eigenvalue weighted by atomic mass is 10.1. The Balaban J connectivity index is 4.21. The van der Waals surface area contributed by atoms with Gasteiger partial charge in [-0.3, -0.25) is 14.4 Å². The van der Waals surface area contributed by atoms with Crippen molar-refractivity contribution in [3.05, 3.63) is 109 Å². The molecule has 0 heterocycles. The summed E-state index contributed by atoms with van der Waals surface area (Å²) < 4.78 is 16.9. The van der Waals surface area contributed by atoms with E-state index in [1.807, 2.05) is 0 Å². The summed E-state index contributed by atoms with van der Waals surface area (Å²) in [5, 5.41) is 0. The summed E-state index contributed by atoms with van der Waals surface area (Å²) in [5.74, 6) is -0.886. The summed E-state index contributed by atoms with van der Waals surface area (Å²) >= 11 is 0. The van der Waals surface area contributed by atoms with Crippen molar-refractivity contribution in [2.75, 3.05) is 13.2 Å². The molecule has 6 heteroatoms. The second kappa shape index (κ2) is 64.6. The van der Waals surface area contributed by atoms with Gasteiger partial charge in [-0.25, -0.2) is 0 Å². The van der Waals surface area contributed by atoms with Crippen molar-refractivity contribution in [1.29, 1.82) is 0 Å². The average molecular weight is 1070 g/mol. The van der Waals surface area contributed by atoms with Gasteiger partial charge in [0.1, 0.15) is 13.2 Å². The van der Waals surface area contributed by atoms with Gasteiger partial charge < -0.3 is 14.2 Å². The molecule has 0 aliphatic rings. The van der Waals surface area contributed by atoms with Gasteiger partial charge in [0, 0.05) is 19.3 Å². The van der Waals surface area contributed by atoms with Crippen LogP contribution in [0.3, 0.4) is 0 Å². The third-order valence-electron chi connectivity index (χ3n) is 13.8. The van der Waals surface area contributed by atoms with Crippen LogP contribution < -0.4 is 0 Å². The summed E-state index contributed by atoms with van der Waals surface area (Å²) in [4.78, 5) is 38.2. The molecule has 0 bridgehead atoms. The summed E-state index contributed by atoms with van der Waals surface area (Å²) in [6, 6.07) is 0. The standard InChI is InChI=1S/C71H120O6/c1-4-7-10-13-16-19-21-23-25-27-29-30-31-32-33-34-35-36-37-38-39-40-42-43-45-47-49-52-55-58-61-64-70(73)76-67-68(66-75-69(72)63-60-57-54-51-18-15-12-9-6-3)77-71(74)65-62-59-56-53-50-48-46-44-41-28-26-24-22-20-17-14-11-8-5-2/h7,10,16-17,19-20,23-26,29-30,32-33,35-36,38-39,68H,4-6,8-9,11-15,18,21-22,27-28,31,34,37,40-67H2,1-3H3/b10-7-,19-16-,20-17-,25-23-,26-24-,30-29-,33-32-,36-35-,39-38-. The Morgan fingerprint density at radius 3 is 0.818 bits per heavy atom. The Kier molecular flexibility index (Phi) is 61.3. The molecule has 0 radical (unpaired) electrons. The maximum absolute atomic E-state index is 12.9. The first-order valence-electron chi connectivity index (χ1n) is 32.4. The van der Waals surface area contributed by atoms with Crippen molar-refractivity contribution in [3.63, 3.8) is 0 Å². The molecule has 1 unspecified atom stereocenters. The molecule has 0 aliphatic carbocycles. The van der Waals surface area contributed by atoms with Gasteiger partial charge in [-0.05, 0) is 109 Å². The minimum absolute atomic E-state index is 0.0795. The normalized spacial score (nSPS) is 12.8. The predicted octanol–water partition coefficient (Wildman–Crippen LogP) is 22.2. The number of esters is 3. The van der Waals surface area contributed by atoms with E-state index in [2.05, 4.69) is 130 Å². The van der Waals surface area contributed by atoms with Gasteiger partial charge in [0.25, 0.3) is 0 Å². The van der Waals surface area contributed by atoms with E-state index in [9.17, 15) is 14.4 Å². The van der Waals surface area contributed by atoms with Crippen LogP contribution in [-0.2, 0) is 28.6 Å². The highest BCUT2D eigenvalue weighted by Crippen LogP contribution is 2.16. The maximum atomic E-state index is 12.9. The van der Waals surface area contributed by atoms with E-state index in [4.69, 9.17) is 14.2 Å². The van der Waals surface area contributed by atoms with Gasteiger partial charge in [-0.1, -0.05) is 284 Å². The van der Waals surface area contributed by atoms with Gasteiger partial charge in [0.2, 0.25) is 0 Å². The summed E-state index contributed by atoms with van der Waals surface area (Å²) in [5.41, 5.74) is 0. The molecule has 0 N–H and O–H groups in total. The van der Waals surface area contributed by atoms with Crippen molar-refractivity contribution >= 4 is 17.9 Å². The maximum Gasteiger partial charge on any atom is 0.306 e. The summed E-state index contributed by atoms with van der Waals surface area (Å²) in [6.07, 6.45) is 88.2. The Labute approximate surface area is 476 Å². The van der Waals surface area contributed by atoms with Crippen LogP contribution in [0.2, 0.25) is 0 Å². The molecule has 440 valence electrons. The monoisotopic (exact) mass is 1070 g/mol. The van der Waals surface area contributed by atoms with Crippen molar-refractivity contribution in [3.8, 4) is 0 Å². The molecule has 0 saturated heterocycles. The van der Waals surface area contributed by atoms with Gasteiger partial charge in [-0.2, -0.15) is 0 Å². The molecule has 0 rings (SSSR count). The van der Waals surface area contributed by atoms with Crippen molar-refractivity contribution in [2.45, 2.75) is 309 Å². The number of unbranched alkanes of at least 4 members (excludes halogenated alkanes) is 29. The molecular formula is C71H120O6. The zero-order valence-corrected chi connectivity index (χ0v) is 50.4. The fourth-order valence-electron chi connectivity index (χ4n) is 8.92. The Morgan fingerprint density at radius 2 is 0.506 bits per heavy atom. The molecule has 1 atom stereocenters. The molecule has 6 nitrogen and oxygen atoms in total. The van der Waals surface area contributed by atoms with Crippen LogP contribution in [0.5, 0.6) is 0 Å². The summed E-state index contributed by atoms with van der Waals surface area (Å²) in [6.45, 7) is 6.49. The first kappa shape index (κ1) is 73.1. The van der Waals surface area contributed by atoms with Gasteiger partial charge in [0.05, 0.1) is 0 Å². The average Bonchev–Trinajstić information content (AvgIpc) is 3.43. The van der Waals surface area contributed by atoms with E-state index in [0.717, 1.165) is 116 Å². The van der Waals surface area contributed by atoms with Gasteiger partial charge in [-0.15, -0.1) is 0 Å². The quantitative estimate of drug-likeness (QED) is 0.0261. The highest BCUT2D eigenvalue weighted by atomic mass is 16.6. The minimum atomic E-state index is -0.782. The number of carbonyl (C=O) groups is 3. The fraction of sp³-hybridized carbons (Fsp3) is 0.704. The zero-order chi connectivity index (χ0) is 55.7. The van der Waals surface area contributed by atoms with Gasteiger partial charge in [0.15, 0.2) is 6.10 Å². The molecule has 0 saturated carbocycles. The van der Waals surface area contributed by atoms with E-state index < -0.39 is 6.10 Å². The van der Waals surface area contributed by atoms with Crippen LogP contribution in [0.15, 0.2) is 109 Å². The molecule has 0 aromatic rings. The van der Waals surface area contributed by atoms with Crippen LogP contribution in [0, 0.1) is 0 Å². The number of ether oxygens (including phenoxy) is 3. The molecule has 0 amide bonds. The second-order valence-corrected chi connectivity index (χ2v) is 21.3. The van der Waals surface area contributed by atoms with Crippen molar-refractivity contribution < 1.29 is 28.6 Å². The highest BCUT2D eigenvalue weighted by Gasteiger charge is 2.19. The lowest BCUT2D eigenvalue weighted by molar-refractivity contribution is -0.167. The van der Waals surface area contributed by atoms with Crippen LogP contribution in [0.4, 0.5) is 0 Å². The lowest BCUT2D eigenvalue weighted by Crippen LogP contribution is -2.30. The Hall–Kier alpha value is -3.93. The third-order valence-corrected chi connectivity index (χ3v) is 13.8. The molecule has 0 fully saturated rings. The first-order valence-corrected chi connectivity index (χ1v) is 32.4. The molecule has 0 aromatic carbocycles. The number of carbonyl (C=O) groups excluding carboxylic acids is 3. The highest BCUT2D eigenvalue weighted by molar-refractivity contribution is 5.71. The van der Waals surface area contributed by atoms with Gasteiger partial charge >= 0.3 is 17.9 Å². The topological polar surface area (TPSA) is 78.9 Å². The smallest absolute Gasteiger partial charge is 0.306 e. The molecule has 77 heavy (non-hydrogen) atoms. The van der Waals surface area contributed by atoms with E-state index in [1.54, 1.807) is 0 Å². The van der Waals surface area contributed by atoms with E-state index >= 15 is 0 Å². The minimum Gasteiger partial charge on any atom is -0.462 e. The Bertz CT molecular complexity index is 1560. The SMILES string of the molecule is CC/C=C\C/C=C\C/C=C\C/C=C\C/C=C\C/C=C\C/C=C\CCCCCCCCCCCC(=O)OCC(COC(=O)CCCCCCCCCCC)OC(=O)CCCCCCCCCCC/C=C\C/C=C\CCCCC. The fourth-order valence-corrected chi connectivity index (χ4v) is 8.92. The predicted molar refractivity (Wildman–Crippen MR) is 334 cm³/mol. The number of allylic oxidation sites excluding steroid dienone is 18. The van der Waals surface area contributed by atoms with Crippen LogP contribution >= 0.6 is 0 Å². The largest absolute Gasteiger partial charge is 0.462 e. The number of hydrogen-bond acceptors (Lipinski definition) is 6. The first-order chi connectivity index (χ1) is 38.0. The van der Waals surface area contributed by atoms with Crippen LogP contribution in [0.1, 0.15) is 303 Å². The van der Waals surface area contributed by atoms with Crippen molar-refractivity contribution in [2.24, 2.45) is 0 Å². The van der Waals surface area contributed by atoms with E-state index in [0.29, 0.717) is 19.3 Å². The van der Waals surface area contributed by atoms with Crippen molar-refractivity contribution in [1.82, 2.24) is 0 Å². The van der Waals surface area contributed by atoms with Crippen LogP contribution in [-0.4, -0.2) is 37.2 Å². The third kappa shape index (κ3) is 62.8. The number of rotatable bonds is 58. The van der Waals surface area contributed by atoms with E-state index in [-0.39, 0.29) is 31.1 Å². The van der Waals surface area contributed by atoms with E-state index in [1.165, 1.54) is 148 Å². The summed E-state index contributed by atoms with van der Waals surface area (Å²) in [7, 11) is 0. The molecular weight excluding hydrogens is 949 g/mol.